The second-order valence-corrected chi connectivity index (χ2v) is 4.24. The van der Waals surface area contributed by atoms with Gasteiger partial charge in [-0.15, -0.1) is 0 Å². The molecule has 1 aromatic carbocycles. The normalized spacial score (nSPS) is 17.8. The van der Waals surface area contributed by atoms with E-state index in [0.717, 1.165) is 5.56 Å². The number of ketones is 1. The quantitative estimate of drug-likeness (QED) is 0.890. The van der Waals surface area contributed by atoms with E-state index >= 15 is 0 Å². The number of aliphatic hydroxyl groups is 1. The van der Waals surface area contributed by atoms with Crippen LogP contribution in [-0.2, 0) is 4.79 Å². The van der Waals surface area contributed by atoms with Crippen molar-refractivity contribution in [2.45, 2.75) is 19.4 Å². The minimum atomic E-state index is -0.742. The van der Waals surface area contributed by atoms with Crippen molar-refractivity contribution in [2.24, 2.45) is 0 Å². The van der Waals surface area contributed by atoms with Gasteiger partial charge in [0.15, 0.2) is 5.78 Å². The van der Waals surface area contributed by atoms with E-state index in [2.05, 4.69) is 0 Å². The Kier molecular flexibility index (Phi) is 3.39. The van der Waals surface area contributed by atoms with Crippen molar-refractivity contribution in [1.82, 2.24) is 0 Å². The Labute approximate surface area is 106 Å². The summed E-state index contributed by atoms with van der Waals surface area (Å²) in [4.78, 5) is 11.5. The van der Waals surface area contributed by atoms with E-state index in [1.807, 2.05) is 0 Å². The predicted molar refractivity (Wildman–Crippen MR) is 67.8 cm³/mol. The molecule has 0 fully saturated rings. The lowest BCUT2D eigenvalue weighted by molar-refractivity contribution is -0.113. The van der Waals surface area contributed by atoms with E-state index in [1.54, 1.807) is 32.4 Å². The standard InChI is InChI=1S/C14H16O4/c1-8(15)9-6-10-12(17-2)4-5-13(18-3)14(10)11(16)7-9/h4-6,11,16H,7H2,1-3H3. The predicted octanol–water partition coefficient (Wildman–Crippen LogP) is 2.11. The highest BCUT2D eigenvalue weighted by Crippen LogP contribution is 2.42. The molecule has 1 N–H and O–H groups in total. The molecule has 0 aliphatic heterocycles. The third-order valence-electron chi connectivity index (χ3n) is 3.16. The summed E-state index contributed by atoms with van der Waals surface area (Å²) < 4.78 is 10.5. The molecular weight excluding hydrogens is 232 g/mol. The van der Waals surface area contributed by atoms with Crippen molar-refractivity contribution in [2.75, 3.05) is 14.2 Å². The maximum atomic E-state index is 11.5. The van der Waals surface area contributed by atoms with Gasteiger partial charge in [-0.05, 0) is 30.7 Å². The van der Waals surface area contributed by atoms with E-state index in [-0.39, 0.29) is 5.78 Å². The van der Waals surface area contributed by atoms with Crippen LogP contribution < -0.4 is 9.47 Å². The molecule has 0 spiro atoms. The molecule has 1 aromatic rings. The van der Waals surface area contributed by atoms with E-state index in [9.17, 15) is 9.90 Å². The van der Waals surface area contributed by atoms with Crippen LogP contribution in [0.1, 0.15) is 30.6 Å². The summed E-state index contributed by atoms with van der Waals surface area (Å²) in [5, 5.41) is 10.2. The first-order chi connectivity index (χ1) is 8.58. The van der Waals surface area contributed by atoms with Gasteiger partial charge in [-0.2, -0.15) is 0 Å². The van der Waals surface area contributed by atoms with Crippen LogP contribution >= 0.6 is 0 Å². The molecule has 0 radical (unpaired) electrons. The molecule has 1 aliphatic rings. The van der Waals surface area contributed by atoms with Gasteiger partial charge in [0.2, 0.25) is 0 Å². The Hall–Kier alpha value is -1.81. The molecule has 1 aliphatic carbocycles. The zero-order chi connectivity index (χ0) is 13.3. The molecular formula is C14H16O4. The number of Topliss-reactive ketones (excluding diaryl/α,β-unsaturated/α-hetero) is 1. The summed E-state index contributed by atoms with van der Waals surface area (Å²) in [5.74, 6) is 1.20. The first-order valence-electron chi connectivity index (χ1n) is 5.73. The van der Waals surface area contributed by atoms with Crippen LogP contribution in [0.2, 0.25) is 0 Å². The lowest BCUT2D eigenvalue weighted by Gasteiger charge is -2.24. The van der Waals surface area contributed by atoms with Crippen molar-refractivity contribution in [3.63, 3.8) is 0 Å². The summed E-state index contributed by atoms with van der Waals surface area (Å²) in [5.41, 5.74) is 2.00. The number of aliphatic hydroxyl groups excluding tert-OH is 1. The van der Waals surface area contributed by atoms with Crippen molar-refractivity contribution in [3.05, 3.63) is 28.8 Å². The van der Waals surface area contributed by atoms with Crippen molar-refractivity contribution >= 4 is 11.9 Å². The Morgan fingerprint density at radius 3 is 2.44 bits per heavy atom. The van der Waals surface area contributed by atoms with Crippen LogP contribution in [0, 0.1) is 0 Å². The van der Waals surface area contributed by atoms with E-state index in [0.29, 0.717) is 29.1 Å². The molecule has 0 saturated heterocycles. The number of carbonyl (C=O) groups excluding carboxylic acids is 1. The topological polar surface area (TPSA) is 55.8 Å². The van der Waals surface area contributed by atoms with Gasteiger partial charge in [-0.3, -0.25) is 4.79 Å². The number of fused-ring (bicyclic) bond motifs is 1. The Bertz CT molecular complexity index is 517. The smallest absolute Gasteiger partial charge is 0.155 e. The van der Waals surface area contributed by atoms with Crippen LogP contribution in [0.3, 0.4) is 0 Å². The number of methoxy groups -OCH3 is 2. The second kappa shape index (κ2) is 4.82. The van der Waals surface area contributed by atoms with Crippen LogP contribution in [0.15, 0.2) is 17.7 Å². The van der Waals surface area contributed by atoms with Gasteiger partial charge >= 0.3 is 0 Å². The number of hydrogen-bond acceptors (Lipinski definition) is 4. The van der Waals surface area contributed by atoms with Crippen LogP contribution in [0.25, 0.3) is 6.08 Å². The zero-order valence-corrected chi connectivity index (χ0v) is 10.7. The fraction of sp³-hybridized carbons (Fsp3) is 0.357. The summed E-state index contributed by atoms with van der Waals surface area (Å²) in [6.07, 6.45) is 1.34. The second-order valence-electron chi connectivity index (χ2n) is 4.24. The SMILES string of the molecule is COc1ccc(OC)c2c1C=C(C(C)=O)CC2O. The first-order valence-corrected chi connectivity index (χ1v) is 5.73. The highest BCUT2D eigenvalue weighted by molar-refractivity contribution is 5.99. The summed E-state index contributed by atoms with van der Waals surface area (Å²) in [6.45, 7) is 1.50. The van der Waals surface area contributed by atoms with Crippen molar-refractivity contribution in [1.29, 1.82) is 0 Å². The Morgan fingerprint density at radius 1 is 1.28 bits per heavy atom. The molecule has 1 atom stereocenters. The van der Waals surface area contributed by atoms with E-state index < -0.39 is 6.10 Å². The minimum Gasteiger partial charge on any atom is -0.496 e. The number of hydrogen-bond donors (Lipinski definition) is 1. The maximum Gasteiger partial charge on any atom is 0.155 e. The minimum absolute atomic E-state index is 0.0374. The van der Waals surface area contributed by atoms with E-state index in [1.165, 1.54) is 6.92 Å². The Balaban J connectivity index is 2.66. The van der Waals surface area contributed by atoms with Gasteiger partial charge < -0.3 is 14.6 Å². The summed E-state index contributed by atoms with van der Waals surface area (Å²) in [7, 11) is 3.11. The molecule has 0 bridgehead atoms. The third-order valence-corrected chi connectivity index (χ3v) is 3.16. The molecule has 96 valence electrons. The van der Waals surface area contributed by atoms with Crippen LogP contribution in [0.5, 0.6) is 11.5 Å². The van der Waals surface area contributed by atoms with Crippen molar-refractivity contribution < 1.29 is 19.4 Å². The molecule has 4 heteroatoms. The fourth-order valence-corrected chi connectivity index (χ4v) is 2.23. The molecule has 0 saturated carbocycles. The molecule has 18 heavy (non-hydrogen) atoms. The third kappa shape index (κ3) is 1.99. The van der Waals surface area contributed by atoms with Crippen LogP contribution in [-0.4, -0.2) is 25.1 Å². The summed E-state index contributed by atoms with van der Waals surface area (Å²) in [6, 6.07) is 3.53. The maximum absolute atomic E-state index is 11.5. The Morgan fingerprint density at radius 2 is 1.89 bits per heavy atom. The molecule has 2 rings (SSSR count). The molecule has 0 amide bonds. The van der Waals surface area contributed by atoms with E-state index in [4.69, 9.17) is 9.47 Å². The number of carbonyl (C=O) groups is 1. The summed E-state index contributed by atoms with van der Waals surface area (Å²) >= 11 is 0. The average Bonchev–Trinajstić information content (AvgIpc) is 2.37. The van der Waals surface area contributed by atoms with Crippen LogP contribution in [0.4, 0.5) is 0 Å². The molecule has 0 heterocycles. The van der Waals surface area contributed by atoms with Gasteiger partial charge in [-0.1, -0.05) is 0 Å². The number of ether oxygens (including phenoxy) is 2. The highest BCUT2D eigenvalue weighted by atomic mass is 16.5. The number of benzene rings is 1. The fourth-order valence-electron chi connectivity index (χ4n) is 2.23. The lowest BCUT2D eigenvalue weighted by atomic mass is 9.87. The molecule has 4 nitrogen and oxygen atoms in total. The zero-order valence-electron chi connectivity index (χ0n) is 10.7. The monoisotopic (exact) mass is 248 g/mol. The van der Waals surface area contributed by atoms with Gasteiger partial charge in [0, 0.05) is 17.5 Å². The largest absolute Gasteiger partial charge is 0.496 e. The first kappa shape index (κ1) is 12.6. The van der Waals surface area contributed by atoms with Gasteiger partial charge in [0.1, 0.15) is 11.5 Å². The molecule has 0 aromatic heterocycles. The van der Waals surface area contributed by atoms with Gasteiger partial charge in [0.05, 0.1) is 20.3 Å². The number of rotatable bonds is 3. The highest BCUT2D eigenvalue weighted by Gasteiger charge is 2.27. The lowest BCUT2D eigenvalue weighted by Crippen LogP contribution is -2.13. The molecule has 1 unspecified atom stereocenters. The van der Waals surface area contributed by atoms with Gasteiger partial charge in [0.25, 0.3) is 0 Å². The van der Waals surface area contributed by atoms with Crippen molar-refractivity contribution in [3.8, 4) is 11.5 Å². The van der Waals surface area contributed by atoms with Gasteiger partial charge in [-0.25, -0.2) is 0 Å². The average molecular weight is 248 g/mol.